The van der Waals surface area contributed by atoms with Gasteiger partial charge in [0.05, 0.1) is 18.4 Å². The van der Waals surface area contributed by atoms with E-state index in [2.05, 4.69) is 20.0 Å². The van der Waals surface area contributed by atoms with E-state index in [9.17, 15) is 14.4 Å². The van der Waals surface area contributed by atoms with Crippen molar-refractivity contribution in [2.24, 2.45) is 10.9 Å². The number of carbonyl (C=O) groups excluding carboxylic acids is 2. The van der Waals surface area contributed by atoms with E-state index in [1.54, 1.807) is 6.92 Å². The molecule has 0 spiro atoms. The van der Waals surface area contributed by atoms with Crippen LogP contribution in [0.2, 0.25) is 0 Å². The van der Waals surface area contributed by atoms with Gasteiger partial charge in [-0.2, -0.15) is 0 Å². The number of aromatic nitrogens is 1. The molecule has 1 aliphatic heterocycles. The molecule has 2 rings (SSSR count). The lowest BCUT2D eigenvalue weighted by Gasteiger charge is -2.21. The minimum atomic E-state index is -0.935. The third-order valence-corrected chi connectivity index (χ3v) is 3.72. The number of nitrogens with zero attached hydrogens (tertiary/aromatic N) is 1. The Morgan fingerprint density at radius 2 is 2.00 bits per heavy atom. The van der Waals surface area contributed by atoms with Gasteiger partial charge in [0.15, 0.2) is 5.84 Å². The molecule has 0 bridgehead atoms. The molecule has 1 unspecified atom stereocenters. The maximum Gasteiger partial charge on any atom is 0.340 e. The maximum absolute atomic E-state index is 12.1. The van der Waals surface area contributed by atoms with Crippen LogP contribution in [0, 0.1) is 5.92 Å². The standard InChI is InChI=1S/C14H17N3O4/c1-7(2)14(3)13(20)16-11(17-14)10-8(12(19)21-4)5-6-9(18)15-10/h5-7H,1-4H3,(H,15,18)(H,16,17,20). The summed E-state index contributed by atoms with van der Waals surface area (Å²) in [6.07, 6.45) is 0. The third kappa shape index (κ3) is 2.46. The van der Waals surface area contributed by atoms with Crippen LogP contribution in [0.15, 0.2) is 21.9 Å². The minimum absolute atomic E-state index is 0.0352. The van der Waals surface area contributed by atoms with E-state index in [0.29, 0.717) is 0 Å². The van der Waals surface area contributed by atoms with Gasteiger partial charge >= 0.3 is 5.97 Å². The molecule has 0 saturated heterocycles. The number of nitrogens with one attached hydrogen (secondary N) is 2. The molecule has 2 N–H and O–H groups in total. The zero-order valence-electron chi connectivity index (χ0n) is 12.3. The van der Waals surface area contributed by atoms with Crippen molar-refractivity contribution in [3.05, 3.63) is 33.7 Å². The summed E-state index contributed by atoms with van der Waals surface area (Å²) in [5, 5.41) is 2.62. The first-order valence-corrected chi connectivity index (χ1v) is 6.53. The number of esters is 1. The highest BCUT2D eigenvalue weighted by molar-refractivity contribution is 6.17. The van der Waals surface area contributed by atoms with Crippen molar-refractivity contribution < 1.29 is 14.3 Å². The lowest BCUT2D eigenvalue weighted by atomic mass is 9.89. The van der Waals surface area contributed by atoms with Gasteiger partial charge in [-0.05, 0) is 18.9 Å². The number of aromatic amines is 1. The second-order valence-electron chi connectivity index (χ2n) is 5.32. The van der Waals surface area contributed by atoms with Crippen molar-refractivity contribution >= 4 is 17.7 Å². The predicted molar refractivity (Wildman–Crippen MR) is 76.3 cm³/mol. The molecule has 1 aromatic heterocycles. The topological polar surface area (TPSA) is 101 Å². The second kappa shape index (κ2) is 5.16. The van der Waals surface area contributed by atoms with Gasteiger partial charge in [-0.1, -0.05) is 13.8 Å². The van der Waals surface area contributed by atoms with Crippen LogP contribution in [-0.4, -0.2) is 35.3 Å². The zero-order valence-corrected chi connectivity index (χ0v) is 12.3. The van der Waals surface area contributed by atoms with Crippen LogP contribution in [0.1, 0.15) is 36.8 Å². The van der Waals surface area contributed by atoms with Crippen molar-refractivity contribution in [1.82, 2.24) is 10.3 Å². The number of methoxy groups -OCH3 is 1. The predicted octanol–water partition coefficient (Wildman–Crippen LogP) is 0.453. The number of H-pyrrole nitrogens is 1. The molecule has 0 aromatic carbocycles. The Labute approximate surface area is 121 Å². The fourth-order valence-electron chi connectivity index (χ4n) is 2.00. The Bertz CT molecular complexity index is 690. The highest BCUT2D eigenvalue weighted by Gasteiger charge is 2.42. The van der Waals surface area contributed by atoms with Gasteiger partial charge in [0.2, 0.25) is 5.56 Å². The minimum Gasteiger partial charge on any atom is -0.465 e. The number of aliphatic imine (C=N–C) groups is 1. The molecular formula is C14H17N3O4. The maximum atomic E-state index is 12.1. The highest BCUT2D eigenvalue weighted by Crippen LogP contribution is 2.27. The first kappa shape index (κ1) is 15.0. The molecule has 1 aliphatic rings. The smallest absolute Gasteiger partial charge is 0.340 e. The summed E-state index contributed by atoms with van der Waals surface area (Å²) < 4.78 is 4.67. The van der Waals surface area contributed by atoms with Gasteiger partial charge in [0.25, 0.3) is 5.91 Å². The molecule has 0 fully saturated rings. The van der Waals surface area contributed by atoms with Crippen LogP contribution in [-0.2, 0) is 9.53 Å². The van der Waals surface area contributed by atoms with Crippen molar-refractivity contribution in [3.63, 3.8) is 0 Å². The van der Waals surface area contributed by atoms with Crippen LogP contribution in [0.4, 0.5) is 0 Å². The van der Waals surface area contributed by atoms with Crippen LogP contribution in [0.3, 0.4) is 0 Å². The Hall–Kier alpha value is -2.44. The van der Waals surface area contributed by atoms with E-state index in [1.807, 2.05) is 13.8 Å². The number of amidine groups is 1. The van der Waals surface area contributed by atoms with E-state index >= 15 is 0 Å². The Balaban J connectivity index is 2.58. The van der Waals surface area contributed by atoms with Crippen molar-refractivity contribution in [1.29, 1.82) is 0 Å². The summed E-state index contributed by atoms with van der Waals surface area (Å²) in [6, 6.07) is 2.56. The van der Waals surface area contributed by atoms with Gasteiger partial charge in [-0.25, -0.2) is 9.79 Å². The molecule has 7 heteroatoms. The largest absolute Gasteiger partial charge is 0.465 e. The monoisotopic (exact) mass is 291 g/mol. The highest BCUT2D eigenvalue weighted by atomic mass is 16.5. The fraction of sp³-hybridized carbons (Fsp3) is 0.429. The number of ether oxygens (including phenoxy) is 1. The Kier molecular flexibility index (Phi) is 3.67. The average molecular weight is 291 g/mol. The molecule has 0 aliphatic carbocycles. The summed E-state index contributed by atoms with van der Waals surface area (Å²) in [4.78, 5) is 42.3. The molecule has 1 amide bonds. The summed E-state index contributed by atoms with van der Waals surface area (Å²) >= 11 is 0. The van der Waals surface area contributed by atoms with Gasteiger partial charge in [-0.15, -0.1) is 0 Å². The van der Waals surface area contributed by atoms with E-state index < -0.39 is 17.1 Å². The number of rotatable bonds is 3. The number of carbonyl (C=O) groups is 2. The van der Waals surface area contributed by atoms with E-state index in [0.717, 1.165) is 0 Å². The zero-order chi connectivity index (χ0) is 15.8. The molecule has 0 radical (unpaired) electrons. The quantitative estimate of drug-likeness (QED) is 0.790. The van der Waals surface area contributed by atoms with E-state index in [-0.39, 0.29) is 28.9 Å². The van der Waals surface area contributed by atoms with Crippen LogP contribution in [0.25, 0.3) is 0 Å². The average Bonchev–Trinajstić information content (AvgIpc) is 2.75. The lowest BCUT2D eigenvalue weighted by molar-refractivity contribution is -0.124. The van der Waals surface area contributed by atoms with Gasteiger partial charge in [-0.3, -0.25) is 9.59 Å². The summed E-state index contributed by atoms with van der Waals surface area (Å²) in [6.45, 7) is 5.46. The van der Waals surface area contributed by atoms with Crippen molar-refractivity contribution in [2.75, 3.05) is 7.11 Å². The van der Waals surface area contributed by atoms with E-state index in [4.69, 9.17) is 0 Å². The van der Waals surface area contributed by atoms with E-state index in [1.165, 1.54) is 19.2 Å². The summed E-state index contributed by atoms with van der Waals surface area (Å²) in [5.74, 6) is -0.745. The normalized spacial score (nSPS) is 21.2. The molecule has 0 saturated carbocycles. The number of pyridine rings is 1. The van der Waals surface area contributed by atoms with Crippen LogP contribution in [0.5, 0.6) is 0 Å². The Morgan fingerprint density at radius 3 is 2.52 bits per heavy atom. The molecule has 112 valence electrons. The third-order valence-electron chi connectivity index (χ3n) is 3.72. The number of amides is 1. The molecule has 1 atom stereocenters. The summed E-state index contributed by atoms with van der Waals surface area (Å²) in [7, 11) is 1.24. The molecule has 1 aromatic rings. The Morgan fingerprint density at radius 1 is 1.33 bits per heavy atom. The molecule has 21 heavy (non-hydrogen) atoms. The molecule has 7 nitrogen and oxygen atoms in total. The fourth-order valence-corrected chi connectivity index (χ4v) is 2.00. The lowest BCUT2D eigenvalue weighted by Crippen LogP contribution is -2.41. The number of hydrogen-bond donors (Lipinski definition) is 2. The second-order valence-corrected chi connectivity index (χ2v) is 5.32. The number of hydrogen-bond acceptors (Lipinski definition) is 5. The van der Waals surface area contributed by atoms with Crippen molar-refractivity contribution in [3.8, 4) is 0 Å². The first-order valence-electron chi connectivity index (χ1n) is 6.53. The van der Waals surface area contributed by atoms with Gasteiger partial charge < -0.3 is 15.0 Å². The van der Waals surface area contributed by atoms with Gasteiger partial charge in [0.1, 0.15) is 5.54 Å². The molecule has 2 heterocycles. The van der Waals surface area contributed by atoms with Crippen LogP contribution < -0.4 is 10.9 Å². The molecular weight excluding hydrogens is 274 g/mol. The first-order chi connectivity index (χ1) is 9.79. The summed E-state index contributed by atoms with van der Waals surface area (Å²) in [5.41, 5.74) is -1.03. The van der Waals surface area contributed by atoms with Crippen molar-refractivity contribution in [2.45, 2.75) is 26.3 Å². The van der Waals surface area contributed by atoms with Crippen LogP contribution >= 0.6 is 0 Å². The SMILES string of the molecule is COC(=O)c1ccc(=O)[nH]c1C1=NC(C)(C(C)C)C(=O)N1. The van der Waals surface area contributed by atoms with Gasteiger partial charge in [0, 0.05) is 6.07 Å².